The van der Waals surface area contributed by atoms with Gasteiger partial charge in [0.1, 0.15) is 0 Å². The molecule has 0 saturated carbocycles. The van der Waals surface area contributed by atoms with Gasteiger partial charge in [-0.2, -0.15) is 4.39 Å². The summed E-state index contributed by atoms with van der Waals surface area (Å²) in [5, 5.41) is 2.26. The fourth-order valence-electron chi connectivity index (χ4n) is 3.39. The second kappa shape index (κ2) is 5.24. The van der Waals surface area contributed by atoms with Gasteiger partial charge < -0.3 is 10.1 Å². The fourth-order valence-corrected chi connectivity index (χ4v) is 3.39. The summed E-state index contributed by atoms with van der Waals surface area (Å²) in [6.07, 6.45) is -0.250. The maximum absolute atomic E-state index is 14.1. The zero-order chi connectivity index (χ0) is 15.1. The van der Waals surface area contributed by atoms with Gasteiger partial charge in [-0.3, -0.25) is 4.79 Å². The molecule has 2 atom stereocenters. The third-order valence-corrected chi connectivity index (χ3v) is 4.35. The molecule has 1 aromatic carbocycles. The van der Waals surface area contributed by atoms with Crippen LogP contribution < -0.4 is 10.1 Å². The predicted octanol–water partition coefficient (Wildman–Crippen LogP) is 2.40. The molecular weight excluding hydrogens is 283 g/mol. The molecule has 1 unspecified atom stereocenters. The SMILES string of the molecule is CNC(=O)[C@@H](F)CC1CCc2c(F)c(F)c3c(c21)CCO3. The topological polar surface area (TPSA) is 38.3 Å². The highest BCUT2D eigenvalue weighted by Crippen LogP contribution is 2.46. The standard InChI is InChI=1S/C15H16F3NO2/c1-19-15(20)10(16)6-7-2-3-8-11(7)9-4-5-21-14(9)13(18)12(8)17/h7,10H,2-6H2,1H3,(H,19,20)/t7?,10-/m0/s1. The van der Waals surface area contributed by atoms with E-state index < -0.39 is 23.7 Å². The number of halogens is 3. The lowest BCUT2D eigenvalue weighted by Crippen LogP contribution is -2.29. The van der Waals surface area contributed by atoms with Crippen LogP contribution in [0.3, 0.4) is 0 Å². The number of alkyl halides is 1. The zero-order valence-electron chi connectivity index (χ0n) is 11.6. The molecule has 0 radical (unpaired) electrons. The molecule has 1 aliphatic carbocycles. The molecule has 0 spiro atoms. The van der Waals surface area contributed by atoms with Gasteiger partial charge in [-0.05, 0) is 36.3 Å². The Balaban J connectivity index is 1.97. The monoisotopic (exact) mass is 299 g/mol. The van der Waals surface area contributed by atoms with Crippen LogP contribution in [0.25, 0.3) is 0 Å². The molecule has 2 aliphatic rings. The van der Waals surface area contributed by atoms with Gasteiger partial charge in [0.25, 0.3) is 5.91 Å². The lowest BCUT2D eigenvalue weighted by atomic mass is 9.90. The summed E-state index contributed by atoms with van der Waals surface area (Å²) in [5.74, 6) is -2.81. The summed E-state index contributed by atoms with van der Waals surface area (Å²) < 4.78 is 47.0. The van der Waals surface area contributed by atoms with Gasteiger partial charge in [0, 0.05) is 19.0 Å². The van der Waals surface area contributed by atoms with Crippen molar-refractivity contribution in [2.24, 2.45) is 0 Å². The number of hydrogen-bond acceptors (Lipinski definition) is 2. The molecule has 114 valence electrons. The molecule has 1 aliphatic heterocycles. The fraction of sp³-hybridized carbons (Fsp3) is 0.533. The molecule has 1 N–H and O–H groups in total. The minimum atomic E-state index is -1.64. The Hall–Kier alpha value is -1.72. The highest BCUT2D eigenvalue weighted by Gasteiger charge is 2.37. The van der Waals surface area contributed by atoms with E-state index in [0.29, 0.717) is 42.6 Å². The van der Waals surface area contributed by atoms with Crippen molar-refractivity contribution in [1.82, 2.24) is 5.32 Å². The number of carbonyl (C=O) groups excluding carboxylic acids is 1. The van der Waals surface area contributed by atoms with Crippen molar-refractivity contribution in [2.75, 3.05) is 13.7 Å². The van der Waals surface area contributed by atoms with Gasteiger partial charge in [-0.15, -0.1) is 0 Å². The van der Waals surface area contributed by atoms with Gasteiger partial charge in [-0.25, -0.2) is 8.78 Å². The number of carbonyl (C=O) groups is 1. The van der Waals surface area contributed by atoms with Crippen LogP contribution in [0.1, 0.15) is 35.4 Å². The average molecular weight is 299 g/mol. The summed E-state index contributed by atoms with van der Waals surface area (Å²) in [4.78, 5) is 11.3. The highest BCUT2D eigenvalue weighted by molar-refractivity contribution is 5.80. The number of hydrogen-bond donors (Lipinski definition) is 1. The van der Waals surface area contributed by atoms with Crippen molar-refractivity contribution in [3.05, 3.63) is 28.3 Å². The lowest BCUT2D eigenvalue weighted by Gasteiger charge is -2.17. The Morgan fingerprint density at radius 3 is 2.81 bits per heavy atom. The summed E-state index contributed by atoms with van der Waals surface area (Å²) in [7, 11) is 1.37. The van der Waals surface area contributed by atoms with E-state index in [1.54, 1.807) is 0 Å². The highest BCUT2D eigenvalue weighted by atomic mass is 19.2. The van der Waals surface area contributed by atoms with Crippen molar-refractivity contribution in [1.29, 1.82) is 0 Å². The van der Waals surface area contributed by atoms with Gasteiger partial charge >= 0.3 is 0 Å². The van der Waals surface area contributed by atoms with E-state index >= 15 is 0 Å². The van der Waals surface area contributed by atoms with Crippen LogP contribution in [0.15, 0.2) is 0 Å². The largest absolute Gasteiger partial charge is 0.490 e. The first kappa shape index (κ1) is 14.2. The van der Waals surface area contributed by atoms with E-state index in [1.165, 1.54) is 7.05 Å². The maximum atomic E-state index is 14.1. The number of fused-ring (bicyclic) bond motifs is 3. The third-order valence-electron chi connectivity index (χ3n) is 4.35. The molecular formula is C15H16F3NO2. The molecule has 1 aromatic rings. The lowest BCUT2D eigenvalue weighted by molar-refractivity contribution is -0.125. The summed E-state index contributed by atoms with van der Waals surface area (Å²) in [6, 6.07) is 0. The first-order chi connectivity index (χ1) is 10.0. The van der Waals surface area contributed by atoms with Crippen molar-refractivity contribution in [3.63, 3.8) is 0 Å². The van der Waals surface area contributed by atoms with E-state index in [0.717, 1.165) is 0 Å². The van der Waals surface area contributed by atoms with Crippen LogP contribution in [0.2, 0.25) is 0 Å². The van der Waals surface area contributed by atoms with Crippen molar-refractivity contribution in [3.8, 4) is 5.75 Å². The Labute approximate surface area is 120 Å². The first-order valence-electron chi connectivity index (χ1n) is 7.05. The number of benzene rings is 1. The summed E-state index contributed by atoms with van der Waals surface area (Å²) in [6.45, 7) is 0.309. The van der Waals surface area contributed by atoms with Crippen molar-refractivity contribution < 1.29 is 22.7 Å². The van der Waals surface area contributed by atoms with Gasteiger partial charge in [0.05, 0.1) is 6.61 Å². The molecule has 21 heavy (non-hydrogen) atoms. The number of nitrogens with one attached hydrogen (secondary N) is 1. The predicted molar refractivity (Wildman–Crippen MR) is 70.2 cm³/mol. The Morgan fingerprint density at radius 2 is 2.10 bits per heavy atom. The van der Waals surface area contributed by atoms with Crippen molar-refractivity contribution in [2.45, 2.75) is 37.8 Å². The van der Waals surface area contributed by atoms with Crippen LogP contribution in [0.4, 0.5) is 13.2 Å². The van der Waals surface area contributed by atoms with Crippen LogP contribution in [0.5, 0.6) is 5.75 Å². The van der Waals surface area contributed by atoms with Gasteiger partial charge in [-0.1, -0.05) is 0 Å². The minimum Gasteiger partial charge on any atom is -0.490 e. The number of rotatable bonds is 3. The number of amides is 1. The Kier molecular flexibility index (Phi) is 3.55. The molecule has 1 heterocycles. The molecule has 0 saturated heterocycles. The molecule has 3 nitrogen and oxygen atoms in total. The van der Waals surface area contributed by atoms with Crippen LogP contribution in [-0.2, 0) is 17.6 Å². The molecule has 6 heteroatoms. The molecule has 0 fully saturated rings. The normalized spacial score (nSPS) is 20.7. The summed E-state index contributed by atoms with van der Waals surface area (Å²) in [5.41, 5.74) is 1.63. The van der Waals surface area contributed by atoms with E-state index in [4.69, 9.17) is 4.74 Å². The molecule has 0 bridgehead atoms. The third kappa shape index (κ3) is 2.17. The Bertz CT molecular complexity index is 603. The van der Waals surface area contributed by atoms with Gasteiger partial charge in [0.15, 0.2) is 17.7 Å². The first-order valence-corrected chi connectivity index (χ1v) is 7.05. The minimum absolute atomic E-state index is 0.00974. The van der Waals surface area contributed by atoms with E-state index in [2.05, 4.69) is 5.32 Å². The van der Waals surface area contributed by atoms with E-state index in [9.17, 15) is 18.0 Å². The second-order valence-corrected chi connectivity index (χ2v) is 5.48. The summed E-state index contributed by atoms with van der Waals surface area (Å²) >= 11 is 0. The molecule has 3 rings (SSSR count). The molecule has 0 aromatic heterocycles. The van der Waals surface area contributed by atoms with E-state index in [-0.39, 0.29) is 18.1 Å². The molecule has 1 amide bonds. The van der Waals surface area contributed by atoms with Crippen LogP contribution in [0, 0.1) is 11.6 Å². The van der Waals surface area contributed by atoms with E-state index in [1.807, 2.05) is 0 Å². The Morgan fingerprint density at radius 1 is 1.33 bits per heavy atom. The van der Waals surface area contributed by atoms with Crippen LogP contribution >= 0.6 is 0 Å². The average Bonchev–Trinajstić information content (AvgIpc) is 3.10. The maximum Gasteiger partial charge on any atom is 0.254 e. The quantitative estimate of drug-likeness (QED) is 0.931. The number of ether oxygens (including phenoxy) is 1. The zero-order valence-corrected chi connectivity index (χ0v) is 11.6. The van der Waals surface area contributed by atoms with Crippen LogP contribution in [-0.4, -0.2) is 25.7 Å². The second-order valence-electron chi connectivity index (χ2n) is 5.48. The van der Waals surface area contributed by atoms with Gasteiger partial charge in [0.2, 0.25) is 5.82 Å². The smallest absolute Gasteiger partial charge is 0.254 e. The van der Waals surface area contributed by atoms with Crippen molar-refractivity contribution >= 4 is 5.91 Å².